The summed E-state index contributed by atoms with van der Waals surface area (Å²) in [5.74, 6) is 0.124. The molecule has 3 aliphatic rings. The Labute approximate surface area is 491 Å². The second-order valence-electron chi connectivity index (χ2n) is 20.1. The Morgan fingerprint density at radius 1 is 0.627 bits per heavy atom. The van der Waals surface area contributed by atoms with Gasteiger partial charge in [-0.2, -0.15) is 8.42 Å². The highest BCUT2D eigenvalue weighted by Crippen LogP contribution is 2.48. The van der Waals surface area contributed by atoms with Gasteiger partial charge in [0.2, 0.25) is 5.36 Å². The van der Waals surface area contributed by atoms with Crippen LogP contribution in [0.25, 0.3) is 28.7 Å². The average Bonchev–Trinajstić information content (AvgIpc) is 2.26. The normalized spacial score (nSPS) is 13.8. The van der Waals surface area contributed by atoms with Gasteiger partial charge in [-0.15, -0.1) is 0 Å². The highest BCUT2D eigenvalue weighted by molar-refractivity contribution is 7.85. The Balaban J connectivity index is 1.30. The van der Waals surface area contributed by atoms with Crippen molar-refractivity contribution in [3.05, 3.63) is 112 Å². The van der Waals surface area contributed by atoms with Gasteiger partial charge in [-0.1, -0.05) is 74.9 Å². The molecule has 83 heavy (non-hydrogen) atoms. The molecule has 5 rings (SSSR count). The van der Waals surface area contributed by atoms with Crippen LogP contribution in [-0.4, -0.2) is 203 Å². The largest absolute Gasteiger partial charge is 0.481 e. The first-order valence-corrected chi connectivity index (χ1v) is 30.4. The van der Waals surface area contributed by atoms with E-state index in [2.05, 4.69) is 66.7 Å². The zero-order valence-electron chi connectivity index (χ0n) is 49.5. The number of nitrogens with zero attached hydrogens (tertiary/aromatic N) is 2. The molecule has 20 nitrogen and oxygen atoms in total. The fourth-order valence-electron chi connectivity index (χ4n) is 9.29. The van der Waals surface area contributed by atoms with E-state index in [9.17, 15) is 22.9 Å². The molecule has 0 atom stereocenters. The number of fused-ring (bicyclic) bond motifs is 2. The molecule has 1 aliphatic carbocycles. The van der Waals surface area contributed by atoms with Gasteiger partial charge < -0.3 is 71.3 Å². The van der Waals surface area contributed by atoms with Crippen LogP contribution in [0.5, 0.6) is 0 Å². The van der Waals surface area contributed by atoms with Gasteiger partial charge in [0.1, 0.15) is 30.5 Å². The van der Waals surface area contributed by atoms with Crippen molar-refractivity contribution in [1.29, 1.82) is 0 Å². The van der Waals surface area contributed by atoms with E-state index in [1.54, 1.807) is 20.3 Å². The number of carbonyl (C=O) groups is 1. The number of hydrogen-bond donors (Lipinski definition) is 2. The molecule has 0 fully saturated rings. The van der Waals surface area contributed by atoms with Gasteiger partial charge in [-0.25, -0.2) is 4.58 Å². The van der Waals surface area contributed by atoms with Crippen molar-refractivity contribution in [2.24, 2.45) is 0 Å². The Hall–Kier alpha value is -4.95. The Kier molecular flexibility index (Phi) is 32.9. The molecule has 2 aromatic carbocycles. The van der Waals surface area contributed by atoms with Crippen LogP contribution in [0.3, 0.4) is 0 Å². The minimum Gasteiger partial charge on any atom is -0.481 e. The monoisotopic (exact) mass is 1180 g/mol. The van der Waals surface area contributed by atoms with Crippen LogP contribution >= 0.6 is 0 Å². The first kappa shape index (κ1) is 68.8. The maximum atomic E-state index is 11.9. The molecule has 2 heterocycles. The zero-order chi connectivity index (χ0) is 59.4. The summed E-state index contributed by atoms with van der Waals surface area (Å²) in [6, 6.07) is 21.8. The SMILES string of the molecule is COCCOCCOCCOCCOCCOCC[N+](CCOCCOCCOCCOCCOCCOC)=c1ccc2c(/C=C/C=C3\N(CCCCCC(=O)O)c4ccc(CS(=O)(=O)O)cc4C3(C)C)c(C)c(-c3ccccc3)oc-2c1. The van der Waals surface area contributed by atoms with Crippen LogP contribution in [0.15, 0.2) is 89.0 Å². The quantitative estimate of drug-likeness (QED) is 0.0251. The van der Waals surface area contributed by atoms with Crippen molar-refractivity contribution >= 4 is 27.9 Å². The lowest BCUT2D eigenvalue weighted by atomic mass is 9.83. The molecule has 0 saturated carbocycles. The van der Waals surface area contributed by atoms with Crippen molar-refractivity contribution in [2.75, 3.05) is 184 Å². The average molecular weight is 1180 g/mol. The number of carboxylic acid groups (broad SMARTS) is 1. The summed E-state index contributed by atoms with van der Waals surface area (Å²) in [4.78, 5) is 13.5. The van der Waals surface area contributed by atoms with Crippen molar-refractivity contribution in [2.45, 2.75) is 57.6 Å². The predicted molar refractivity (Wildman–Crippen MR) is 318 cm³/mol. The number of ether oxygens (including phenoxy) is 12. The van der Waals surface area contributed by atoms with Crippen LogP contribution in [0.2, 0.25) is 0 Å². The number of rotatable bonds is 47. The van der Waals surface area contributed by atoms with Crippen LogP contribution in [0.1, 0.15) is 61.8 Å². The summed E-state index contributed by atoms with van der Waals surface area (Å²) < 4.78 is 109. The van der Waals surface area contributed by atoms with Crippen LogP contribution in [-0.2, 0) is 82.9 Å². The maximum Gasteiger partial charge on any atom is 0.303 e. The van der Waals surface area contributed by atoms with Crippen molar-refractivity contribution < 1.29 is 84.1 Å². The van der Waals surface area contributed by atoms with Crippen molar-refractivity contribution in [3.8, 4) is 22.6 Å². The summed E-state index contributed by atoms with van der Waals surface area (Å²) in [5.41, 5.74) is 6.63. The lowest BCUT2D eigenvalue weighted by Gasteiger charge is -2.27. The van der Waals surface area contributed by atoms with Gasteiger partial charge in [0.05, 0.1) is 138 Å². The second kappa shape index (κ2) is 39.6. The topological polar surface area (TPSA) is 222 Å². The summed E-state index contributed by atoms with van der Waals surface area (Å²) in [7, 11) is -0.973. The highest BCUT2D eigenvalue weighted by Gasteiger charge is 2.40. The molecule has 0 spiro atoms. The summed E-state index contributed by atoms with van der Waals surface area (Å²) in [6.07, 6.45) is 8.43. The third kappa shape index (κ3) is 25.7. The third-order valence-electron chi connectivity index (χ3n) is 13.6. The molecular formula is C62H91N2O18S+. The fourth-order valence-corrected chi connectivity index (χ4v) is 9.90. The first-order chi connectivity index (χ1) is 40.3. The Bertz CT molecular complexity index is 2640. The predicted octanol–water partition coefficient (Wildman–Crippen LogP) is 7.32. The number of allylic oxidation sites excluding steroid dienone is 3. The maximum absolute atomic E-state index is 11.9. The van der Waals surface area contributed by atoms with Gasteiger partial charge in [-0.3, -0.25) is 9.35 Å². The number of aliphatic carboxylic acids is 1. The summed E-state index contributed by atoms with van der Waals surface area (Å²) >= 11 is 0. The molecule has 0 radical (unpaired) electrons. The molecule has 0 unspecified atom stereocenters. The van der Waals surface area contributed by atoms with E-state index in [1.165, 1.54) is 0 Å². The molecule has 21 heteroatoms. The van der Waals surface area contributed by atoms with E-state index in [0.717, 1.165) is 63.2 Å². The lowest BCUT2D eigenvalue weighted by Crippen LogP contribution is -2.36. The van der Waals surface area contributed by atoms with E-state index in [4.69, 9.17) is 61.3 Å². The molecule has 462 valence electrons. The number of carboxylic acids is 1. The van der Waals surface area contributed by atoms with Crippen molar-refractivity contribution in [1.82, 2.24) is 4.58 Å². The van der Waals surface area contributed by atoms with E-state index >= 15 is 0 Å². The molecule has 2 aliphatic heterocycles. The fraction of sp³-hybridized carbons (Fsp3) is 0.581. The molecule has 0 amide bonds. The van der Waals surface area contributed by atoms with E-state index in [1.807, 2.05) is 42.5 Å². The van der Waals surface area contributed by atoms with E-state index < -0.39 is 27.3 Å². The third-order valence-corrected chi connectivity index (χ3v) is 14.3. The standard InChI is InChI=1S/C62H90N2O18S/c1-50-54(15-12-16-59-62(2,3)56-47-51(49-83(67,68)69)18-21-57(56)64(59)22-11-7-10-17-60(65)66)55-20-19-53(48-58(55)82-61(50)52-13-8-6-9-14-52)63(23-25-72-31-33-76-39-41-80-45-43-78-37-35-74-29-27-70-4)24-26-73-32-34-77-40-42-81-46-44-79-38-36-75-30-28-71-5/h6,8-9,12-16,18-21,47-48H,7,10-11,17,22-46,49H2,1-5H3,(H-,65,66,67,68,69)/p+1. The number of hydrogen-bond acceptors (Lipinski definition) is 17. The molecule has 0 bridgehead atoms. The minimum atomic E-state index is -4.25. The lowest BCUT2D eigenvalue weighted by molar-refractivity contribution is -0.137. The first-order valence-electron chi connectivity index (χ1n) is 28.8. The number of anilines is 1. The number of methoxy groups -OCH3 is 2. The Morgan fingerprint density at radius 3 is 1.60 bits per heavy atom. The molecular weight excluding hydrogens is 1090 g/mol. The van der Waals surface area contributed by atoms with Crippen LogP contribution in [0.4, 0.5) is 5.69 Å². The van der Waals surface area contributed by atoms with Crippen LogP contribution in [0, 0.1) is 6.92 Å². The van der Waals surface area contributed by atoms with Gasteiger partial charge in [0, 0.05) is 66.7 Å². The Morgan fingerprint density at radius 2 is 1.12 bits per heavy atom. The number of benzene rings is 3. The molecule has 0 aromatic heterocycles. The van der Waals surface area contributed by atoms with Crippen LogP contribution < -0.4 is 14.8 Å². The van der Waals surface area contributed by atoms with Gasteiger partial charge in [-0.05, 0) is 54.7 Å². The van der Waals surface area contributed by atoms with Gasteiger partial charge >= 0.3 is 5.97 Å². The van der Waals surface area contributed by atoms with Gasteiger partial charge in [0.15, 0.2) is 13.1 Å². The highest BCUT2D eigenvalue weighted by atomic mass is 32.2. The molecule has 2 N–H and O–H groups in total. The molecule has 0 saturated heterocycles. The smallest absolute Gasteiger partial charge is 0.303 e. The van der Waals surface area contributed by atoms with Crippen molar-refractivity contribution in [3.63, 3.8) is 0 Å². The summed E-state index contributed by atoms with van der Waals surface area (Å²) in [5, 5.41) is 10.2. The zero-order valence-corrected chi connectivity index (χ0v) is 50.3. The number of unbranched alkanes of at least 4 members (excludes halogenated alkanes) is 2. The second-order valence-corrected chi connectivity index (χ2v) is 21.5. The van der Waals surface area contributed by atoms with E-state index in [-0.39, 0.29) is 6.42 Å². The molecule has 2 aromatic rings. The van der Waals surface area contributed by atoms with Gasteiger partial charge in [0.25, 0.3) is 10.1 Å². The van der Waals surface area contributed by atoms with E-state index in [0.29, 0.717) is 183 Å². The minimum absolute atomic E-state index is 0.107. The summed E-state index contributed by atoms with van der Waals surface area (Å²) in [6.45, 7) is 18.5.